The van der Waals surface area contributed by atoms with E-state index in [1.165, 1.54) is 19.3 Å². The lowest BCUT2D eigenvalue weighted by Crippen LogP contribution is -2.31. The zero-order valence-corrected chi connectivity index (χ0v) is 8.63. The molecule has 3 heterocycles. The second kappa shape index (κ2) is 3.53. The fourth-order valence-electron chi connectivity index (χ4n) is 2.14. The van der Waals surface area contributed by atoms with Gasteiger partial charge in [-0.2, -0.15) is 0 Å². The van der Waals surface area contributed by atoms with Crippen LogP contribution in [0.4, 0.5) is 5.95 Å². The van der Waals surface area contributed by atoms with Crippen molar-refractivity contribution in [3.05, 3.63) is 24.4 Å². The second-order valence-electron chi connectivity index (χ2n) is 3.98. The molecule has 0 saturated carbocycles. The van der Waals surface area contributed by atoms with Crippen molar-refractivity contribution in [2.75, 3.05) is 18.0 Å². The van der Waals surface area contributed by atoms with Gasteiger partial charge in [-0.3, -0.25) is 4.40 Å². The Bertz CT molecular complexity index is 456. The number of rotatable bonds is 1. The van der Waals surface area contributed by atoms with Gasteiger partial charge in [0.25, 0.3) is 0 Å². The highest BCUT2D eigenvalue weighted by Crippen LogP contribution is 2.18. The predicted molar refractivity (Wildman–Crippen MR) is 59.1 cm³/mol. The van der Waals surface area contributed by atoms with Gasteiger partial charge in [-0.05, 0) is 31.4 Å². The maximum absolute atomic E-state index is 4.26. The maximum Gasteiger partial charge on any atom is 0.231 e. The zero-order valence-electron chi connectivity index (χ0n) is 8.63. The molecule has 1 aliphatic rings. The van der Waals surface area contributed by atoms with Crippen LogP contribution in [0.5, 0.6) is 0 Å². The van der Waals surface area contributed by atoms with Crippen molar-refractivity contribution in [1.29, 1.82) is 0 Å². The molecule has 1 aliphatic heterocycles. The third-order valence-electron chi connectivity index (χ3n) is 2.93. The Balaban J connectivity index is 2.02. The van der Waals surface area contributed by atoms with Crippen LogP contribution in [0.1, 0.15) is 19.3 Å². The fraction of sp³-hybridized carbons (Fsp3) is 0.455. The van der Waals surface area contributed by atoms with Gasteiger partial charge in [0.2, 0.25) is 5.95 Å². The minimum Gasteiger partial charge on any atom is -0.341 e. The Morgan fingerprint density at radius 3 is 2.73 bits per heavy atom. The first-order valence-corrected chi connectivity index (χ1v) is 5.50. The smallest absolute Gasteiger partial charge is 0.231 e. The number of anilines is 1. The Hall–Kier alpha value is -1.58. The first-order chi connectivity index (χ1) is 7.45. The van der Waals surface area contributed by atoms with E-state index >= 15 is 0 Å². The van der Waals surface area contributed by atoms with Gasteiger partial charge in [-0.25, -0.2) is 0 Å². The van der Waals surface area contributed by atoms with E-state index in [9.17, 15) is 0 Å². The van der Waals surface area contributed by atoms with E-state index in [0.29, 0.717) is 0 Å². The minimum absolute atomic E-state index is 0.929. The lowest BCUT2D eigenvalue weighted by atomic mass is 10.1. The summed E-state index contributed by atoms with van der Waals surface area (Å²) in [5.74, 6) is 0.991. The molecule has 0 radical (unpaired) electrons. The van der Waals surface area contributed by atoms with Crippen LogP contribution in [-0.4, -0.2) is 27.7 Å². The average molecular weight is 202 g/mol. The summed E-state index contributed by atoms with van der Waals surface area (Å²) in [5.41, 5.74) is 0.929. The van der Waals surface area contributed by atoms with Crippen LogP contribution in [0.2, 0.25) is 0 Å². The Morgan fingerprint density at radius 1 is 1.00 bits per heavy atom. The van der Waals surface area contributed by atoms with Crippen LogP contribution < -0.4 is 4.90 Å². The third-order valence-corrected chi connectivity index (χ3v) is 2.93. The predicted octanol–water partition coefficient (Wildman–Crippen LogP) is 1.72. The number of piperidine rings is 1. The summed E-state index contributed by atoms with van der Waals surface area (Å²) >= 11 is 0. The van der Waals surface area contributed by atoms with Crippen molar-refractivity contribution in [3.8, 4) is 0 Å². The van der Waals surface area contributed by atoms with Crippen molar-refractivity contribution < 1.29 is 0 Å². The second-order valence-corrected chi connectivity index (χ2v) is 3.98. The minimum atomic E-state index is 0.929. The van der Waals surface area contributed by atoms with Crippen molar-refractivity contribution in [1.82, 2.24) is 14.6 Å². The third kappa shape index (κ3) is 1.46. The van der Waals surface area contributed by atoms with Gasteiger partial charge in [-0.1, -0.05) is 6.07 Å². The highest BCUT2D eigenvalue weighted by Gasteiger charge is 2.15. The largest absolute Gasteiger partial charge is 0.341 e. The first kappa shape index (κ1) is 8.71. The normalized spacial score (nSPS) is 17.2. The lowest BCUT2D eigenvalue weighted by Gasteiger charge is -2.26. The van der Waals surface area contributed by atoms with Gasteiger partial charge in [0.1, 0.15) is 0 Å². The summed E-state index contributed by atoms with van der Waals surface area (Å²) in [6.07, 6.45) is 5.90. The number of aromatic nitrogens is 3. The van der Waals surface area contributed by atoms with Gasteiger partial charge in [0.15, 0.2) is 5.65 Å². The van der Waals surface area contributed by atoms with Gasteiger partial charge in [0.05, 0.1) is 0 Å². The number of fused-ring (bicyclic) bond motifs is 1. The molecular formula is C11H14N4. The summed E-state index contributed by atoms with van der Waals surface area (Å²) in [6, 6.07) is 5.99. The molecule has 2 aromatic heterocycles. The molecule has 0 unspecified atom stereocenters. The topological polar surface area (TPSA) is 33.4 Å². The molecule has 15 heavy (non-hydrogen) atoms. The van der Waals surface area contributed by atoms with Crippen molar-refractivity contribution in [2.24, 2.45) is 0 Å². The van der Waals surface area contributed by atoms with Crippen LogP contribution in [0.15, 0.2) is 24.4 Å². The van der Waals surface area contributed by atoms with E-state index in [4.69, 9.17) is 0 Å². The highest BCUT2D eigenvalue weighted by molar-refractivity contribution is 5.46. The summed E-state index contributed by atoms with van der Waals surface area (Å²) in [6.45, 7) is 2.21. The molecule has 78 valence electrons. The molecule has 4 nitrogen and oxygen atoms in total. The van der Waals surface area contributed by atoms with Crippen LogP contribution >= 0.6 is 0 Å². The standard InChI is InChI=1S/C11H14N4/c1-3-7-14(8-4-1)11-13-12-10-6-2-5-9-15(10)11/h2,5-6,9H,1,3-4,7-8H2. The van der Waals surface area contributed by atoms with Crippen LogP contribution in [0.25, 0.3) is 5.65 Å². The highest BCUT2D eigenvalue weighted by atomic mass is 15.4. The molecule has 4 heteroatoms. The molecule has 1 fully saturated rings. The molecule has 1 saturated heterocycles. The van der Waals surface area contributed by atoms with E-state index in [0.717, 1.165) is 24.7 Å². The van der Waals surface area contributed by atoms with Crippen LogP contribution in [-0.2, 0) is 0 Å². The van der Waals surface area contributed by atoms with E-state index in [2.05, 4.69) is 19.5 Å². The molecule has 0 atom stereocenters. The van der Waals surface area contributed by atoms with E-state index in [-0.39, 0.29) is 0 Å². The summed E-state index contributed by atoms with van der Waals surface area (Å²) < 4.78 is 2.06. The first-order valence-electron chi connectivity index (χ1n) is 5.50. The molecular weight excluding hydrogens is 188 g/mol. The molecule has 0 amide bonds. The molecule has 3 rings (SSSR count). The maximum atomic E-state index is 4.26. The zero-order chi connectivity index (χ0) is 10.1. The quantitative estimate of drug-likeness (QED) is 0.706. The molecule has 0 aliphatic carbocycles. The number of hydrogen-bond donors (Lipinski definition) is 0. The summed E-state index contributed by atoms with van der Waals surface area (Å²) in [4.78, 5) is 2.32. The van der Waals surface area contributed by atoms with E-state index in [1.54, 1.807) is 0 Å². The molecule has 0 spiro atoms. The number of nitrogens with zero attached hydrogens (tertiary/aromatic N) is 4. The lowest BCUT2D eigenvalue weighted by molar-refractivity contribution is 0.566. The van der Waals surface area contributed by atoms with Crippen LogP contribution in [0.3, 0.4) is 0 Å². The van der Waals surface area contributed by atoms with Crippen LogP contribution in [0, 0.1) is 0 Å². The van der Waals surface area contributed by atoms with Crippen molar-refractivity contribution in [3.63, 3.8) is 0 Å². The van der Waals surface area contributed by atoms with Gasteiger partial charge >= 0.3 is 0 Å². The van der Waals surface area contributed by atoms with E-state index in [1.807, 2.05) is 24.4 Å². The monoisotopic (exact) mass is 202 g/mol. The Kier molecular flexibility index (Phi) is 2.05. The molecule has 0 bridgehead atoms. The number of pyridine rings is 1. The van der Waals surface area contributed by atoms with Crippen molar-refractivity contribution >= 4 is 11.6 Å². The fourth-order valence-corrected chi connectivity index (χ4v) is 2.14. The van der Waals surface area contributed by atoms with Crippen molar-refractivity contribution in [2.45, 2.75) is 19.3 Å². The molecule has 2 aromatic rings. The van der Waals surface area contributed by atoms with Gasteiger partial charge in [-0.15, -0.1) is 10.2 Å². The van der Waals surface area contributed by atoms with E-state index < -0.39 is 0 Å². The summed E-state index contributed by atoms with van der Waals surface area (Å²) in [7, 11) is 0. The molecule has 0 aromatic carbocycles. The Morgan fingerprint density at radius 2 is 1.87 bits per heavy atom. The SMILES string of the molecule is c1ccn2c(N3CCCCC3)nnc2c1. The number of hydrogen-bond acceptors (Lipinski definition) is 3. The average Bonchev–Trinajstić information content (AvgIpc) is 2.74. The van der Waals surface area contributed by atoms with Gasteiger partial charge in [0, 0.05) is 19.3 Å². The van der Waals surface area contributed by atoms with Gasteiger partial charge < -0.3 is 4.90 Å². The Labute approximate surface area is 88.5 Å². The molecule has 0 N–H and O–H groups in total. The summed E-state index contributed by atoms with van der Waals surface area (Å²) in [5, 5.41) is 8.42.